The number of carbonyl (C=O) groups is 1. The first kappa shape index (κ1) is 9.28. The zero-order valence-electron chi connectivity index (χ0n) is 7.27. The molecule has 2 N–H and O–H groups in total. The maximum atomic E-state index is 11.3. The van der Waals surface area contributed by atoms with Gasteiger partial charge in [-0.05, 0) is 0 Å². The van der Waals surface area contributed by atoms with E-state index in [2.05, 4.69) is 0 Å². The van der Waals surface area contributed by atoms with Crippen LogP contribution in [0.25, 0.3) is 0 Å². The highest BCUT2D eigenvalue weighted by molar-refractivity contribution is 5.77. The Bertz CT molecular complexity index is 167. The van der Waals surface area contributed by atoms with E-state index in [1.807, 2.05) is 0 Å². The fourth-order valence-electron chi connectivity index (χ4n) is 1.54. The summed E-state index contributed by atoms with van der Waals surface area (Å²) in [7, 11) is 3.24. The van der Waals surface area contributed by atoms with E-state index >= 15 is 0 Å². The Balaban J connectivity index is 2.79. The van der Waals surface area contributed by atoms with E-state index in [9.17, 15) is 4.79 Å². The maximum absolute atomic E-state index is 11.3. The topological polar surface area (TPSA) is 64.0 Å². The van der Waals surface area contributed by atoms with Crippen molar-refractivity contribution in [3.63, 3.8) is 0 Å². The van der Waals surface area contributed by atoms with Crippen LogP contribution in [0.3, 0.4) is 0 Å². The van der Waals surface area contributed by atoms with Gasteiger partial charge in [-0.15, -0.1) is 0 Å². The van der Waals surface area contributed by atoms with E-state index < -0.39 is 0 Å². The number of likely N-dealkylation sites (N-methyl/N-ethyl adjacent to an activating group) is 2. The Morgan fingerprint density at radius 1 is 1.17 bits per heavy atom. The molecule has 1 aliphatic heterocycles. The van der Waals surface area contributed by atoms with Gasteiger partial charge in [-0.2, -0.15) is 0 Å². The Labute approximate surface area is 71.2 Å². The van der Waals surface area contributed by atoms with Gasteiger partial charge in [0, 0.05) is 14.1 Å². The van der Waals surface area contributed by atoms with Crippen LogP contribution in [0.4, 0.5) is 4.79 Å². The lowest BCUT2D eigenvalue weighted by Crippen LogP contribution is -2.40. The highest BCUT2D eigenvalue weighted by Crippen LogP contribution is 2.18. The van der Waals surface area contributed by atoms with Gasteiger partial charge >= 0.3 is 6.03 Å². The predicted molar refractivity (Wildman–Crippen MR) is 42.7 cm³/mol. The van der Waals surface area contributed by atoms with Crippen molar-refractivity contribution in [1.29, 1.82) is 0 Å². The Kier molecular flexibility index (Phi) is 2.54. The lowest BCUT2D eigenvalue weighted by molar-refractivity contribution is 0.131. The van der Waals surface area contributed by atoms with Crippen LogP contribution < -0.4 is 0 Å². The van der Waals surface area contributed by atoms with E-state index in [1.54, 1.807) is 14.1 Å². The van der Waals surface area contributed by atoms with E-state index in [4.69, 9.17) is 10.2 Å². The summed E-state index contributed by atoms with van der Waals surface area (Å²) in [5.41, 5.74) is 0. The molecule has 0 aromatic rings. The predicted octanol–water partition coefficient (Wildman–Crippen LogP) is -1.29. The fraction of sp³-hybridized carbons (Fsp3) is 0.857. The monoisotopic (exact) mass is 174 g/mol. The molecule has 1 fully saturated rings. The molecule has 70 valence electrons. The second kappa shape index (κ2) is 3.28. The molecule has 0 aromatic carbocycles. The Morgan fingerprint density at radius 2 is 1.50 bits per heavy atom. The van der Waals surface area contributed by atoms with Crippen LogP contribution in [0.1, 0.15) is 0 Å². The van der Waals surface area contributed by atoms with Crippen LogP contribution >= 0.6 is 0 Å². The van der Waals surface area contributed by atoms with Crippen molar-refractivity contribution in [3.05, 3.63) is 0 Å². The second-order valence-electron chi connectivity index (χ2n) is 3.00. The van der Waals surface area contributed by atoms with Gasteiger partial charge in [0.05, 0.1) is 25.3 Å². The molecule has 0 bridgehead atoms. The first-order valence-corrected chi connectivity index (χ1v) is 3.84. The quantitative estimate of drug-likeness (QED) is 0.547. The van der Waals surface area contributed by atoms with Crippen LogP contribution in [-0.4, -0.2) is 65.4 Å². The molecule has 0 saturated carbocycles. The molecule has 0 radical (unpaired) electrons. The lowest BCUT2D eigenvalue weighted by atomic mass is 10.1. The summed E-state index contributed by atoms with van der Waals surface area (Å²) < 4.78 is 0. The average molecular weight is 174 g/mol. The third-order valence-electron chi connectivity index (χ3n) is 2.42. The van der Waals surface area contributed by atoms with Crippen LogP contribution in [0.15, 0.2) is 0 Å². The molecule has 1 rings (SSSR count). The number of aliphatic hydroxyl groups excluding tert-OH is 2. The maximum Gasteiger partial charge on any atom is 0.320 e. The molecule has 1 saturated heterocycles. The zero-order valence-corrected chi connectivity index (χ0v) is 7.27. The minimum absolute atomic E-state index is 0.113. The molecule has 2 atom stereocenters. The van der Waals surface area contributed by atoms with E-state index in [1.165, 1.54) is 9.80 Å². The first-order chi connectivity index (χ1) is 5.63. The third kappa shape index (κ3) is 1.15. The standard InChI is InChI=1S/C7H14N2O3/c1-8-5(3-10)6(4-11)9(2)7(8)12/h5-6,10-11H,3-4H2,1-2H3/t5-,6-/m1/s1. The van der Waals surface area contributed by atoms with Gasteiger partial charge in [0.2, 0.25) is 0 Å². The van der Waals surface area contributed by atoms with Gasteiger partial charge in [-0.25, -0.2) is 4.79 Å². The molecule has 1 heterocycles. The normalized spacial score (nSPS) is 30.2. The van der Waals surface area contributed by atoms with Crippen LogP contribution in [0, 0.1) is 0 Å². The Morgan fingerprint density at radius 3 is 1.75 bits per heavy atom. The van der Waals surface area contributed by atoms with Crippen molar-refractivity contribution >= 4 is 6.03 Å². The summed E-state index contributed by atoms with van der Waals surface area (Å²) in [6.45, 7) is -0.227. The average Bonchev–Trinajstić information content (AvgIpc) is 2.29. The molecule has 2 amide bonds. The number of urea groups is 1. The van der Waals surface area contributed by atoms with Crippen molar-refractivity contribution < 1.29 is 15.0 Å². The van der Waals surface area contributed by atoms with Gasteiger partial charge in [0.25, 0.3) is 0 Å². The molecule has 5 heteroatoms. The summed E-state index contributed by atoms with van der Waals surface area (Å²) >= 11 is 0. The lowest BCUT2D eigenvalue weighted by Gasteiger charge is -2.20. The molecule has 12 heavy (non-hydrogen) atoms. The molecule has 0 spiro atoms. The molecule has 0 aromatic heterocycles. The number of hydrogen-bond donors (Lipinski definition) is 2. The number of amides is 2. The van der Waals surface area contributed by atoms with E-state index in [0.717, 1.165) is 0 Å². The van der Waals surface area contributed by atoms with Gasteiger partial charge in [0.15, 0.2) is 0 Å². The Hall–Kier alpha value is -0.810. The van der Waals surface area contributed by atoms with E-state index in [0.29, 0.717) is 0 Å². The molecule has 0 aliphatic carbocycles. The largest absolute Gasteiger partial charge is 0.394 e. The summed E-state index contributed by atoms with van der Waals surface area (Å²) in [6, 6.07) is -0.729. The zero-order chi connectivity index (χ0) is 9.30. The van der Waals surface area contributed by atoms with Crippen LogP contribution in [0.5, 0.6) is 0 Å². The molecule has 1 aliphatic rings. The summed E-state index contributed by atoms with van der Waals surface area (Å²) in [5, 5.41) is 17.9. The number of nitrogens with zero attached hydrogens (tertiary/aromatic N) is 2. The second-order valence-corrected chi connectivity index (χ2v) is 3.00. The van der Waals surface area contributed by atoms with Crippen LogP contribution in [-0.2, 0) is 0 Å². The minimum Gasteiger partial charge on any atom is -0.394 e. The van der Waals surface area contributed by atoms with Crippen molar-refractivity contribution in [2.75, 3.05) is 27.3 Å². The van der Waals surface area contributed by atoms with Crippen molar-refractivity contribution in [2.24, 2.45) is 0 Å². The first-order valence-electron chi connectivity index (χ1n) is 3.84. The summed E-state index contributed by atoms with van der Waals surface area (Å²) in [6.07, 6.45) is 0. The fourth-order valence-corrected chi connectivity index (χ4v) is 1.54. The smallest absolute Gasteiger partial charge is 0.320 e. The van der Waals surface area contributed by atoms with Crippen LogP contribution in [0.2, 0.25) is 0 Å². The summed E-state index contributed by atoms with van der Waals surface area (Å²) in [5.74, 6) is 0. The SMILES string of the molecule is CN1C(=O)N(C)[C@H](CO)[C@H]1CO. The van der Waals surface area contributed by atoms with Crippen molar-refractivity contribution in [2.45, 2.75) is 12.1 Å². The van der Waals surface area contributed by atoms with Gasteiger partial charge in [-0.3, -0.25) is 0 Å². The van der Waals surface area contributed by atoms with Gasteiger partial charge < -0.3 is 20.0 Å². The van der Waals surface area contributed by atoms with Gasteiger partial charge in [-0.1, -0.05) is 0 Å². The number of carbonyl (C=O) groups excluding carboxylic acids is 1. The number of rotatable bonds is 2. The molecule has 0 unspecified atom stereocenters. The summed E-state index contributed by atoms with van der Waals surface area (Å²) in [4.78, 5) is 14.2. The molecular weight excluding hydrogens is 160 g/mol. The van der Waals surface area contributed by atoms with Crippen molar-refractivity contribution in [1.82, 2.24) is 9.80 Å². The van der Waals surface area contributed by atoms with Crippen molar-refractivity contribution in [3.8, 4) is 0 Å². The highest BCUT2D eigenvalue weighted by atomic mass is 16.3. The number of hydrogen-bond acceptors (Lipinski definition) is 3. The molecule has 5 nitrogen and oxygen atoms in total. The van der Waals surface area contributed by atoms with Gasteiger partial charge in [0.1, 0.15) is 0 Å². The number of aliphatic hydroxyl groups is 2. The molecular formula is C7H14N2O3. The third-order valence-corrected chi connectivity index (χ3v) is 2.42. The van der Waals surface area contributed by atoms with E-state index in [-0.39, 0.29) is 31.3 Å². The minimum atomic E-state index is -0.285. The highest BCUT2D eigenvalue weighted by Gasteiger charge is 2.40.